The van der Waals surface area contributed by atoms with Crippen molar-refractivity contribution in [3.63, 3.8) is 0 Å². The third kappa shape index (κ3) is 7.27. The van der Waals surface area contributed by atoms with Gasteiger partial charge in [-0.3, -0.25) is 4.79 Å². The van der Waals surface area contributed by atoms with Crippen molar-refractivity contribution >= 4 is 23.7 Å². The topological polar surface area (TPSA) is 132 Å². The second-order valence-corrected chi connectivity index (χ2v) is 5.80. The van der Waals surface area contributed by atoms with Gasteiger partial charge in [0.2, 0.25) is 11.7 Å². The number of nitrogens with two attached hydrogens (primary N) is 3. The summed E-state index contributed by atoms with van der Waals surface area (Å²) >= 11 is 0. The minimum Gasteiger partial charge on any atom is -0.495 e. The van der Waals surface area contributed by atoms with Crippen molar-refractivity contribution < 1.29 is 23.7 Å². The summed E-state index contributed by atoms with van der Waals surface area (Å²) < 4.78 is 21.2. The third-order valence-electron chi connectivity index (χ3n) is 3.80. The van der Waals surface area contributed by atoms with Crippen LogP contribution in [0.25, 0.3) is 12.2 Å². The van der Waals surface area contributed by atoms with Crippen LogP contribution in [0.2, 0.25) is 0 Å². The van der Waals surface area contributed by atoms with Gasteiger partial charge in [0, 0.05) is 13.0 Å². The van der Waals surface area contributed by atoms with Crippen molar-refractivity contribution in [1.82, 2.24) is 0 Å². The molecule has 0 radical (unpaired) electrons. The lowest BCUT2D eigenvalue weighted by atomic mass is 10.1. The fourth-order valence-corrected chi connectivity index (χ4v) is 2.39. The Morgan fingerprint density at radius 2 is 1.41 bits per heavy atom. The number of carbonyl (C=O) groups is 1. The predicted molar refractivity (Wildman–Crippen MR) is 115 cm³/mol. The van der Waals surface area contributed by atoms with Crippen molar-refractivity contribution in [3.8, 4) is 23.0 Å². The van der Waals surface area contributed by atoms with Crippen LogP contribution >= 0.6 is 0 Å². The molecule has 0 spiro atoms. The molecule has 0 unspecified atom stereocenters. The van der Waals surface area contributed by atoms with Gasteiger partial charge < -0.3 is 36.1 Å². The van der Waals surface area contributed by atoms with Gasteiger partial charge in [-0.2, -0.15) is 0 Å². The molecule has 0 aliphatic rings. The maximum Gasteiger partial charge on any atom is 0.218 e. The van der Waals surface area contributed by atoms with Gasteiger partial charge in [-0.1, -0.05) is 18.2 Å². The Morgan fingerprint density at radius 1 is 0.862 bits per heavy atom. The van der Waals surface area contributed by atoms with E-state index in [1.54, 1.807) is 28.4 Å². The van der Waals surface area contributed by atoms with E-state index in [9.17, 15) is 4.79 Å². The highest BCUT2D eigenvalue weighted by atomic mass is 16.5. The van der Waals surface area contributed by atoms with Crippen molar-refractivity contribution in [2.75, 3.05) is 40.7 Å². The molecular weight excluding hydrogens is 374 g/mol. The third-order valence-corrected chi connectivity index (χ3v) is 3.80. The van der Waals surface area contributed by atoms with Crippen LogP contribution in [0.3, 0.4) is 0 Å². The van der Waals surface area contributed by atoms with E-state index < -0.39 is 0 Å². The smallest absolute Gasteiger partial charge is 0.218 e. The summed E-state index contributed by atoms with van der Waals surface area (Å²) in [5.74, 6) is 2.12. The second kappa shape index (κ2) is 12.1. The molecule has 1 amide bonds. The first-order valence-electron chi connectivity index (χ1n) is 8.80. The zero-order valence-corrected chi connectivity index (χ0v) is 17.2. The number of nitrogen functional groups attached to an aromatic ring is 1. The van der Waals surface area contributed by atoms with Gasteiger partial charge in [-0.25, -0.2) is 0 Å². The van der Waals surface area contributed by atoms with E-state index in [1.807, 2.05) is 42.5 Å². The number of amides is 1. The average Bonchev–Trinajstić information content (AvgIpc) is 2.71. The van der Waals surface area contributed by atoms with E-state index in [4.69, 9.17) is 30.4 Å². The van der Waals surface area contributed by atoms with Crippen LogP contribution in [0, 0.1) is 0 Å². The van der Waals surface area contributed by atoms with E-state index in [0.29, 0.717) is 41.7 Å². The van der Waals surface area contributed by atoms with Gasteiger partial charge in [0.25, 0.3) is 0 Å². The van der Waals surface area contributed by atoms with Crippen molar-refractivity contribution in [1.29, 1.82) is 0 Å². The summed E-state index contributed by atoms with van der Waals surface area (Å²) in [6.07, 6.45) is 4.20. The van der Waals surface area contributed by atoms with E-state index in [-0.39, 0.29) is 5.91 Å². The Morgan fingerprint density at radius 3 is 1.79 bits per heavy atom. The normalized spacial score (nSPS) is 10.1. The Hall–Kier alpha value is -3.39. The van der Waals surface area contributed by atoms with Crippen LogP contribution in [0.4, 0.5) is 5.69 Å². The molecule has 8 heteroatoms. The summed E-state index contributed by atoms with van der Waals surface area (Å²) in [4.78, 5) is 9.74. The summed E-state index contributed by atoms with van der Waals surface area (Å²) in [6, 6.07) is 9.39. The number of primary amides is 1. The standard InChI is InChI=1S/C18H21NO4.C3H8N2O/c1-20-15-8-7-12(9-14(15)19)5-6-13-10-16(21-2)18(23-4)17(11-13)22-3;4-2-1-3(5)6/h5-11H,19H2,1-4H3;1-2,4H2,(H2,5,6)/b6-5-;. The summed E-state index contributed by atoms with van der Waals surface area (Å²) in [6.45, 7) is 0.356. The summed E-state index contributed by atoms with van der Waals surface area (Å²) in [5.41, 5.74) is 18.0. The molecule has 29 heavy (non-hydrogen) atoms. The monoisotopic (exact) mass is 403 g/mol. The van der Waals surface area contributed by atoms with Gasteiger partial charge in [0.05, 0.1) is 34.1 Å². The molecule has 2 aromatic rings. The molecule has 0 bridgehead atoms. The van der Waals surface area contributed by atoms with Crippen molar-refractivity contribution in [2.24, 2.45) is 11.5 Å². The highest BCUT2D eigenvalue weighted by Crippen LogP contribution is 2.38. The number of methoxy groups -OCH3 is 4. The van der Waals surface area contributed by atoms with Crippen LogP contribution in [-0.2, 0) is 4.79 Å². The van der Waals surface area contributed by atoms with E-state index in [1.165, 1.54) is 0 Å². The molecule has 158 valence electrons. The molecule has 0 aliphatic carbocycles. The minimum atomic E-state index is -0.336. The van der Waals surface area contributed by atoms with Gasteiger partial charge in [-0.05, 0) is 35.4 Å². The minimum absolute atomic E-state index is 0.292. The maximum atomic E-state index is 9.74. The van der Waals surface area contributed by atoms with Crippen molar-refractivity contribution in [3.05, 3.63) is 41.5 Å². The average molecular weight is 403 g/mol. The van der Waals surface area contributed by atoms with Gasteiger partial charge in [-0.15, -0.1) is 0 Å². The van der Waals surface area contributed by atoms with Gasteiger partial charge in [0.1, 0.15) is 5.75 Å². The number of ether oxygens (including phenoxy) is 4. The molecule has 0 fully saturated rings. The molecule has 0 aromatic heterocycles. The zero-order valence-electron chi connectivity index (χ0n) is 17.2. The quantitative estimate of drug-likeness (QED) is 0.455. The number of hydrogen-bond donors (Lipinski definition) is 3. The van der Waals surface area contributed by atoms with Crippen molar-refractivity contribution in [2.45, 2.75) is 6.42 Å². The van der Waals surface area contributed by atoms with Crippen LogP contribution < -0.4 is 36.1 Å². The first kappa shape index (κ1) is 23.6. The lowest BCUT2D eigenvalue weighted by Gasteiger charge is -2.12. The van der Waals surface area contributed by atoms with E-state index in [0.717, 1.165) is 11.1 Å². The second-order valence-electron chi connectivity index (χ2n) is 5.80. The first-order valence-corrected chi connectivity index (χ1v) is 8.80. The molecule has 0 saturated heterocycles. The zero-order chi connectivity index (χ0) is 21.8. The lowest BCUT2D eigenvalue weighted by molar-refractivity contribution is -0.117. The number of rotatable bonds is 8. The Labute approximate surface area is 171 Å². The highest BCUT2D eigenvalue weighted by Gasteiger charge is 2.12. The fraction of sp³-hybridized carbons (Fsp3) is 0.286. The molecular formula is C21H29N3O5. The lowest BCUT2D eigenvalue weighted by Crippen LogP contribution is -2.15. The van der Waals surface area contributed by atoms with Gasteiger partial charge >= 0.3 is 0 Å². The van der Waals surface area contributed by atoms with Crippen LogP contribution in [-0.4, -0.2) is 40.9 Å². The molecule has 2 aromatic carbocycles. The summed E-state index contributed by atoms with van der Waals surface area (Å²) in [5, 5.41) is 0. The molecule has 0 aliphatic heterocycles. The number of carbonyl (C=O) groups excluding carboxylic acids is 1. The van der Waals surface area contributed by atoms with E-state index >= 15 is 0 Å². The number of benzene rings is 2. The molecule has 0 saturated carbocycles. The maximum absolute atomic E-state index is 9.74. The first-order chi connectivity index (χ1) is 13.9. The van der Waals surface area contributed by atoms with Gasteiger partial charge in [0.15, 0.2) is 11.5 Å². The molecule has 0 atom stereocenters. The molecule has 6 N–H and O–H groups in total. The molecule has 0 heterocycles. The van der Waals surface area contributed by atoms with Crippen LogP contribution in [0.15, 0.2) is 30.3 Å². The fourth-order valence-electron chi connectivity index (χ4n) is 2.39. The number of hydrogen-bond acceptors (Lipinski definition) is 7. The van der Waals surface area contributed by atoms with E-state index in [2.05, 4.69) is 5.73 Å². The Kier molecular flexibility index (Phi) is 9.90. The number of anilines is 1. The molecule has 2 rings (SSSR count). The Balaban J connectivity index is 0.000000612. The van der Waals surface area contributed by atoms with Crippen LogP contribution in [0.1, 0.15) is 17.5 Å². The van der Waals surface area contributed by atoms with Crippen LogP contribution in [0.5, 0.6) is 23.0 Å². The Bertz CT molecular complexity index is 812. The molecule has 8 nitrogen and oxygen atoms in total. The largest absolute Gasteiger partial charge is 0.495 e. The highest BCUT2D eigenvalue weighted by molar-refractivity contribution is 5.75. The summed E-state index contributed by atoms with van der Waals surface area (Å²) in [7, 11) is 6.36. The predicted octanol–water partition coefficient (Wildman–Crippen LogP) is 2.29. The SMILES string of the molecule is COc1ccc(/C=C\c2cc(OC)c(OC)c(OC)c2)cc1N.NCCC(N)=O.